The predicted molar refractivity (Wildman–Crippen MR) is 44.6 cm³/mol. The Bertz CT molecular complexity index is 262. The Hall–Kier alpha value is -0.860. The Morgan fingerprint density at radius 2 is 2.30 bits per heavy atom. The van der Waals surface area contributed by atoms with Crippen LogP contribution in [0.5, 0.6) is 0 Å². The summed E-state index contributed by atoms with van der Waals surface area (Å²) < 4.78 is 0. The van der Waals surface area contributed by atoms with Crippen LogP contribution in [-0.4, -0.2) is 0 Å². The first kappa shape index (κ1) is 7.25. The highest BCUT2D eigenvalue weighted by Crippen LogP contribution is 2.07. The zero-order valence-electron chi connectivity index (χ0n) is 5.54. The molecule has 0 radical (unpaired) electrons. The lowest BCUT2D eigenvalue weighted by atomic mass is 10.2. The Morgan fingerprint density at radius 1 is 1.50 bits per heavy atom. The van der Waals surface area contributed by atoms with Gasteiger partial charge in [0.2, 0.25) is 0 Å². The van der Waals surface area contributed by atoms with E-state index in [0.29, 0.717) is 0 Å². The lowest BCUT2D eigenvalue weighted by Gasteiger charge is -1.93. The molecule has 0 saturated heterocycles. The van der Waals surface area contributed by atoms with Gasteiger partial charge in [-0.1, -0.05) is 12.1 Å². The molecular formula is C8H8NP. The van der Waals surface area contributed by atoms with Crippen LogP contribution in [0.1, 0.15) is 11.1 Å². The van der Waals surface area contributed by atoms with Crippen molar-refractivity contribution in [3.63, 3.8) is 0 Å². The molecular weight excluding hydrogens is 141 g/mol. The predicted octanol–water partition coefficient (Wildman–Crippen LogP) is 1.93. The van der Waals surface area contributed by atoms with Crippen LogP contribution >= 0.6 is 9.24 Å². The van der Waals surface area contributed by atoms with Crippen LogP contribution < -0.4 is 0 Å². The maximum Gasteiger partial charge on any atom is 0.0991 e. The fourth-order valence-corrected chi connectivity index (χ4v) is 1.02. The van der Waals surface area contributed by atoms with Gasteiger partial charge in [0, 0.05) is 0 Å². The van der Waals surface area contributed by atoms with Gasteiger partial charge >= 0.3 is 0 Å². The molecule has 2 heteroatoms. The summed E-state index contributed by atoms with van der Waals surface area (Å²) in [6.07, 6.45) is 0.912. The summed E-state index contributed by atoms with van der Waals surface area (Å²) in [5.41, 5.74) is 1.92. The molecule has 0 aliphatic heterocycles. The van der Waals surface area contributed by atoms with E-state index >= 15 is 0 Å². The number of nitriles is 1. The first-order valence-corrected chi connectivity index (χ1v) is 3.87. The monoisotopic (exact) mass is 149 g/mol. The molecule has 0 aliphatic carbocycles. The average Bonchev–Trinajstić information content (AvgIpc) is 2.05. The molecule has 1 aromatic rings. The molecule has 1 unspecified atom stereocenters. The normalized spacial score (nSPS) is 8.80. The summed E-state index contributed by atoms with van der Waals surface area (Å²) in [5, 5.41) is 8.50. The summed E-state index contributed by atoms with van der Waals surface area (Å²) >= 11 is 0. The van der Waals surface area contributed by atoms with Crippen LogP contribution in [0.3, 0.4) is 0 Å². The van der Waals surface area contributed by atoms with E-state index in [1.165, 1.54) is 5.56 Å². The van der Waals surface area contributed by atoms with Crippen molar-refractivity contribution in [3.8, 4) is 6.07 Å². The molecule has 0 aliphatic rings. The highest BCUT2D eigenvalue weighted by atomic mass is 31.0. The third-order valence-electron chi connectivity index (χ3n) is 1.29. The van der Waals surface area contributed by atoms with Crippen molar-refractivity contribution < 1.29 is 0 Å². The molecule has 10 heavy (non-hydrogen) atoms. The standard InChI is InChI=1S/C8H8NP/c9-5-7-2-1-3-8(4-7)6-10/h1-4H,6,10H2. The molecule has 0 amide bonds. The summed E-state index contributed by atoms with van der Waals surface area (Å²) in [5.74, 6) is 0. The van der Waals surface area contributed by atoms with Crippen LogP contribution in [0.25, 0.3) is 0 Å². The molecule has 0 heterocycles. The SMILES string of the molecule is N#Cc1cccc(CP)c1. The van der Waals surface area contributed by atoms with E-state index in [0.717, 1.165) is 11.7 Å². The van der Waals surface area contributed by atoms with Crippen LogP contribution in [0.4, 0.5) is 0 Å². The fourth-order valence-electron chi connectivity index (χ4n) is 0.768. The van der Waals surface area contributed by atoms with Gasteiger partial charge in [-0.15, -0.1) is 9.24 Å². The average molecular weight is 149 g/mol. The topological polar surface area (TPSA) is 23.8 Å². The first-order valence-electron chi connectivity index (χ1n) is 3.06. The van der Waals surface area contributed by atoms with Gasteiger partial charge in [-0.2, -0.15) is 5.26 Å². The summed E-state index contributed by atoms with van der Waals surface area (Å²) in [6, 6.07) is 9.71. The first-order chi connectivity index (χ1) is 4.86. The molecule has 0 saturated carbocycles. The molecule has 0 bridgehead atoms. The third-order valence-corrected chi connectivity index (χ3v) is 1.76. The van der Waals surface area contributed by atoms with Gasteiger partial charge in [0.15, 0.2) is 0 Å². The second kappa shape index (κ2) is 3.34. The molecule has 1 nitrogen and oxygen atoms in total. The zero-order chi connectivity index (χ0) is 7.40. The van der Waals surface area contributed by atoms with Crippen LogP contribution in [-0.2, 0) is 6.16 Å². The number of hydrogen-bond donors (Lipinski definition) is 0. The minimum Gasteiger partial charge on any atom is -0.192 e. The van der Waals surface area contributed by atoms with Gasteiger partial charge in [-0.3, -0.25) is 0 Å². The molecule has 1 atom stereocenters. The van der Waals surface area contributed by atoms with E-state index in [1.807, 2.05) is 24.3 Å². The molecule has 1 rings (SSSR count). The van der Waals surface area contributed by atoms with Crippen molar-refractivity contribution >= 4 is 9.24 Å². The number of rotatable bonds is 1. The van der Waals surface area contributed by atoms with Crippen molar-refractivity contribution in [3.05, 3.63) is 35.4 Å². The van der Waals surface area contributed by atoms with Gasteiger partial charge in [-0.05, 0) is 23.9 Å². The van der Waals surface area contributed by atoms with E-state index in [4.69, 9.17) is 5.26 Å². The van der Waals surface area contributed by atoms with Crippen molar-refractivity contribution in [2.75, 3.05) is 0 Å². The van der Waals surface area contributed by atoms with Gasteiger partial charge < -0.3 is 0 Å². The Morgan fingerprint density at radius 3 is 2.90 bits per heavy atom. The molecule has 0 aromatic heterocycles. The summed E-state index contributed by atoms with van der Waals surface area (Å²) in [6.45, 7) is 0. The van der Waals surface area contributed by atoms with Crippen LogP contribution in [0, 0.1) is 11.3 Å². The number of benzene rings is 1. The molecule has 0 N–H and O–H groups in total. The van der Waals surface area contributed by atoms with Crippen molar-refractivity contribution in [1.29, 1.82) is 5.26 Å². The fraction of sp³-hybridized carbons (Fsp3) is 0.125. The van der Waals surface area contributed by atoms with Gasteiger partial charge in [0.25, 0.3) is 0 Å². The Kier molecular flexibility index (Phi) is 2.42. The minimum absolute atomic E-state index is 0.736. The highest BCUT2D eigenvalue weighted by Gasteiger charge is 1.89. The maximum atomic E-state index is 8.50. The minimum atomic E-state index is 0.736. The molecule has 0 fully saturated rings. The number of nitrogens with zero attached hydrogens (tertiary/aromatic N) is 1. The smallest absolute Gasteiger partial charge is 0.0991 e. The van der Waals surface area contributed by atoms with Crippen molar-refractivity contribution in [2.45, 2.75) is 6.16 Å². The zero-order valence-corrected chi connectivity index (χ0v) is 6.70. The highest BCUT2D eigenvalue weighted by molar-refractivity contribution is 7.15. The van der Waals surface area contributed by atoms with E-state index < -0.39 is 0 Å². The molecule has 0 spiro atoms. The second-order valence-electron chi connectivity index (χ2n) is 2.02. The van der Waals surface area contributed by atoms with Gasteiger partial charge in [0.1, 0.15) is 0 Å². The lowest BCUT2D eigenvalue weighted by molar-refractivity contribution is 1.39. The lowest BCUT2D eigenvalue weighted by Crippen LogP contribution is -1.78. The summed E-state index contributed by atoms with van der Waals surface area (Å²) in [4.78, 5) is 0. The van der Waals surface area contributed by atoms with Crippen molar-refractivity contribution in [2.24, 2.45) is 0 Å². The van der Waals surface area contributed by atoms with Crippen molar-refractivity contribution in [1.82, 2.24) is 0 Å². The molecule has 50 valence electrons. The van der Waals surface area contributed by atoms with Crippen LogP contribution in [0.2, 0.25) is 0 Å². The quantitative estimate of drug-likeness (QED) is 0.559. The third kappa shape index (κ3) is 1.56. The van der Waals surface area contributed by atoms with E-state index in [1.54, 1.807) is 0 Å². The van der Waals surface area contributed by atoms with Crippen LogP contribution in [0.15, 0.2) is 24.3 Å². The molecule has 1 aromatic carbocycles. The largest absolute Gasteiger partial charge is 0.192 e. The van der Waals surface area contributed by atoms with E-state index in [2.05, 4.69) is 15.3 Å². The maximum absolute atomic E-state index is 8.50. The van der Waals surface area contributed by atoms with E-state index in [-0.39, 0.29) is 0 Å². The van der Waals surface area contributed by atoms with E-state index in [9.17, 15) is 0 Å². The number of hydrogen-bond acceptors (Lipinski definition) is 1. The van der Waals surface area contributed by atoms with Gasteiger partial charge in [0.05, 0.1) is 11.6 Å². The van der Waals surface area contributed by atoms with Gasteiger partial charge in [-0.25, -0.2) is 0 Å². The second-order valence-corrected chi connectivity index (χ2v) is 2.42. The Labute approximate surface area is 62.9 Å². The summed E-state index contributed by atoms with van der Waals surface area (Å²) in [7, 11) is 2.63. The Balaban J connectivity index is 3.01.